The molecule has 0 N–H and O–H groups in total. The van der Waals surface area contributed by atoms with E-state index >= 15 is 0 Å². The van der Waals surface area contributed by atoms with Crippen LogP contribution in [0.15, 0.2) is 29.2 Å². The van der Waals surface area contributed by atoms with Gasteiger partial charge in [0.05, 0.1) is 5.69 Å². The Morgan fingerprint density at radius 3 is 2.81 bits per heavy atom. The summed E-state index contributed by atoms with van der Waals surface area (Å²) in [5.41, 5.74) is 2.69. The lowest BCUT2D eigenvalue weighted by atomic mass is 9.94. The maximum absolute atomic E-state index is 12.2. The summed E-state index contributed by atoms with van der Waals surface area (Å²) in [6, 6.07) is 6.22. The first kappa shape index (κ1) is 14.3. The zero-order valence-corrected chi connectivity index (χ0v) is 12.9. The minimum Gasteiger partial charge on any atom is -0.298 e. The quantitative estimate of drug-likeness (QED) is 0.870. The second-order valence-corrected chi connectivity index (χ2v) is 6.23. The van der Waals surface area contributed by atoms with Gasteiger partial charge in [-0.2, -0.15) is 0 Å². The van der Waals surface area contributed by atoms with Gasteiger partial charge in [-0.15, -0.1) is 0 Å². The fraction of sp³-hybridized carbons (Fsp3) is 0.529. The number of pyridine rings is 1. The summed E-state index contributed by atoms with van der Waals surface area (Å²) in [7, 11) is 2.15. The lowest BCUT2D eigenvalue weighted by Crippen LogP contribution is -2.33. The van der Waals surface area contributed by atoms with Gasteiger partial charge >= 0.3 is 0 Å². The molecular formula is C17H23N3O. The van der Waals surface area contributed by atoms with Crippen molar-refractivity contribution in [2.24, 2.45) is 0 Å². The second-order valence-electron chi connectivity index (χ2n) is 6.23. The van der Waals surface area contributed by atoms with E-state index in [4.69, 9.17) is 0 Å². The van der Waals surface area contributed by atoms with Crippen LogP contribution in [0.4, 0.5) is 0 Å². The fourth-order valence-electron chi connectivity index (χ4n) is 3.25. The molecule has 1 saturated carbocycles. The molecule has 0 spiro atoms. The van der Waals surface area contributed by atoms with Crippen LogP contribution >= 0.6 is 0 Å². The van der Waals surface area contributed by atoms with E-state index in [1.165, 1.54) is 32.1 Å². The summed E-state index contributed by atoms with van der Waals surface area (Å²) in [5.74, 6) is 0. The third-order valence-electron chi connectivity index (χ3n) is 4.47. The second kappa shape index (κ2) is 5.98. The van der Waals surface area contributed by atoms with Crippen molar-refractivity contribution in [1.82, 2.24) is 14.3 Å². The number of aryl methyl sites for hydroxylation is 1. The molecule has 1 aliphatic rings. The molecule has 0 amide bonds. The van der Waals surface area contributed by atoms with Crippen molar-refractivity contribution in [3.8, 4) is 0 Å². The van der Waals surface area contributed by atoms with Gasteiger partial charge < -0.3 is 0 Å². The number of aromatic nitrogens is 2. The predicted molar refractivity (Wildman–Crippen MR) is 84.5 cm³/mol. The summed E-state index contributed by atoms with van der Waals surface area (Å²) in [5, 5.41) is 0. The van der Waals surface area contributed by atoms with Gasteiger partial charge in [-0.3, -0.25) is 14.1 Å². The van der Waals surface area contributed by atoms with Crippen molar-refractivity contribution in [2.75, 3.05) is 7.05 Å². The van der Waals surface area contributed by atoms with Crippen molar-refractivity contribution >= 4 is 5.65 Å². The summed E-state index contributed by atoms with van der Waals surface area (Å²) in [6.45, 7) is 2.74. The summed E-state index contributed by atoms with van der Waals surface area (Å²) < 4.78 is 1.62. The SMILES string of the molecule is Cc1ccc2nc(CN(C)C3CCCCC3)cc(=O)n2c1. The van der Waals surface area contributed by atoms with Gasteiger partial charge in [-0.1, -0.05) is 25.3 Å². The van der Waals surface area contributed by atoms with Crippen molar-refractivity contribution in [3.05, 3.63) is 46.0 Å². The van der Waals surface area contributed by atoms with Gasteiger partial charge in [0.25, 0.3) is 5.56 Å². The molecule has 4 heteroatoms. The molecule has 0 saturated heterocycles. The molecule has 2 aromatic heterocycles. The first-order chi connectivity index (χ1) is 10.1. The van der Waals surface area contributed by atoms with E-state index in [0.29, 0.717) is 6.04 Å². The zero-order valence-electron chi connectivity index (χ0n) is 12.9. The van der Waals surface area contributed by atoms with Gasteiger partial charge in [0.2, 0.25) is 0 Å². The highest BCUT2D eigenvalue weighted by atomic mass is 16.1. The normalized spacial score (nSPS) is 16.7. The molecule has 3 rings (SSSR count). The zero-order chi connectivity index (χ0) is 14.8. The molecule has 112 valence electrons. The van der Waals surface area contributed by atoms with Crippen molar-refractivity contribution in [2.45, 2.75) is 51.6 Å². The predicted octanol–water partition coefficient (Wildman–Crippen LogP) is 2.77. The van der Waals surface area contributed by atoms with Crippen LogP contribution in [0, 0.1) is 6.92 Å². The maximum atomic E-state index is 12.2. The van der Waals surface area contributed by atoms with E-state index in [1.807, 2.05) is 25.3 Å². The van der Waals surface area contributed by atoms with Crippen LogP contribution in [0.5, 0.6) is 0 Å². The number of nitrogens with zero attached hydrogens (tertiary/aromatic N) is 3. The molecule has 0 aliphatic heterocycles. The monoisotopic (exact) mass is 285 g/mol. The van der Waals surface area contributed by atoms with E-state index in [1.54, 1.807) is 10.5 Å². The third kappa shape index (κ3) is 3.16. The minimum atomic E-state index is 0.00995. The number of fused-ring (bicyclic) bond motifs is 1. The number of hydrogen-bond acceptors (Lipinski definition) is 3. The molecule has 0 atom stereocenters. The van der Waals surface area contributed by atoms with Crippen LogP contribution in [0.2, 0.25) is 0 Å². The third-order valence-corrected chi connectivity index (χ3v) is 4.47. The van der Waals surface area contributed by atoms with Crippen LogP contribution < -0.4 is 5.56 Å². The first-order valence-corrected chi connectivity index (χ1v) is 7.83. The fourth-order valence-corrected chi connectivity index (χ4v) is 3.25. The number of rotatable bonds is 3. The molecule has 1 aliphatic carbocycles. The van der Waals surface area contributed by atoms with Gasteiger partial charge in [-0.25, -0.2) is 4.98 Å². The molecule has 0 aromatic carbocycles. The summed E-state index contributed by atoms with van der Waals surface area (Å²) in [6.07, 6.45) is 8.38. The highest BCUT2D eigenvalue weighted by Crippen LogP contribution is 2.22. The molecule has 2 heterocycles. The van der Waals surface area contributed by atoms with Crippen LogP contribution in [0.25, 0.3) is 5.65 Å². The Morgan fingerprint density at radius 1 is 1.29 bits per heavy atom. The molecular weight excluding hydrogens is 262 g/mol. The van der Waals surface area contributed by atoms with Gasteiger partial charge in [0.1, 0.15) is 5.65 Å². The number of hydrogen-bond donors (Lipinski definition) is 0. The Morgan fingerprint density at radius 2 is 2.05 bits per heavy atom. The average molecular weight is 285 g/mol. The van der Waals surface area contributed by atoms with Gasteiger partial charge in [0.15, 0.2) is 0 Å². The Hall–Kier alpha value is -1.68. The highest BCUT2D eigenvalue weighted by Gasteiger charge is 2.18. The summed E-state index contributed by atoms with van der Waals surface area (Å²) in [4.78, 5) is 19.2. The Labute approximate surface area is 125 Å². The molecule has 0 radical (unpaired) electrons. The van der Waals surface area contributed by atoms with Crippen molar-refractivity contribution in [1.29, 1.82) is 0 Å². The van der Waals surface area contributed by atoms with Crippen LogP contribution in [-0.4, -0.2) is 27.4 Å². The minimum absolute atomic E-state index is 0.00995. The largest absolute Gasteiger partial charge is 0.298 e. The van der Waals surface area contributed by atoms with Crippen LogP contribution in [0.3, 0.4) is 0 Å². The first-order valence-electron chi connectivity index (χ1n) is 7.83. The maximum Gasteiger partial charge on any atom is 0.258 e. The Balaban J connectivity index is 1.84. The highest BCUT2D eigenvalue weighted by molar-refractivity contribution is 5.39. The van der Waals surface area contributed by atoms with E-state index in [-0.39, 0.29) is 5.56 Å². The lowest BCUT2D eigenvalue weighted by molar-refractivity contribution is 0.183. The standard InChI is InChI=1S/C17H23N3O/c1-13-8-9-16-18-14(10-17(21)20(16)11-13)12-19(2)15-6-4-3-5-7-15/h8-11,15H,3-7,12H2,1-2H3. The summed E-state index contributed by atoms with van der Waals surface area (Å²) >= 11 is 0. The smallest absolute Gasteiger partial charge is 0.258 e. The van der Waals surface area contributed by atoms with Gasteiger partial charge in [0, 0.05) is 24.8 Å². The van der Waals surface area contributed by atoms with Crippen LogP contribution in [-0.2, 0) is 6.54 Å². The molecule has 0 bridgehead atoms. The molecule has 0 unspecified atom stereocenters. The molecule has 1 fully saturated rings. The average Bonchev–Trinajstić information content (AvgIpc) is 2.49. The topological polar surface area (TPSA) is 37.6 Å². The van der Waals surface area contributed by atoms with Crippen molar-refractivity contribution in [3.63, 3.8) is 0 Å². The van der Waals surface area contributed by atoms with Crippen LogP contribution in [0.1, 0.15) is 43.4 Å². The Kier molecular flexibility index (Phi) is 4.06. The van der Waals surface area contributed by atoms with E-state index in [0.717, 1.165) is 23.4 Å². The molecule has 21 heavy (non-hydrogen) atoms. The van der Waals surface area contributed by atoms with E-state index in [2.05, 4.69) is 16.9 Å². The van der Waals surface area contributed by atoms with Gasteiger partial charge in [-0.05, 0) is 38.4 Å². The lowest BCUT2D eigenvalue weighted by Gasteiger charge is -2.30. The molecule has 2 aromatic rings. The van der Waals surface area contributed by atoms with E-state index < -0.39 is 0 Å². The Bertz CT molecular complexity index is 686. The molecule has 4 nitrogen and oxygen atoms in total. The van der Waals surface area contributed by atoms with E-state index in [9.17, 15) is 4.79 Å². The van der Waals surface area contributed by atoms with Crippen molar-refractivity contribution < 1.29 is 0 Å².